The molecule has 2 aromatic rings. The highest BCUT2D eigenvalue weighted by Gasteiger charge is 2.09. The predicted octanol–water partition coefficient (Wildman–Crippen LogP) is 2.39. The van der Waals surface area contributed by atoms with Gasteiger partial charge in [0.05, 0.1) is 9.92 Å². The zero-order valence-corrected chi connectivity index (χ0v) is 11.2. The average molecular weight is 283 g/mol. The van der Waals surface area contributed by atoms with Crippen LogP contribution in [0.4, 0.5) is 5.82 Å². The number of hydrogen-bond donors (Lipinski definition) is 1. The lowest BCUT2D eigenvalue weighted by Crippen LogP contribution is -1.97. The number of rotatable bonds is 2. The predicted molar refractivity (Wildman–Crippen MR) is 72.2 cm³/mol. The molecule has 2 rings (SSSR count). The van der Waals surface area contributed by atoms with E-state index in [1.165, 1.54) is 18.3 Å². The van der Waals surface area contributed by atoms with Crippen LogP contribution in [-0.2, 0) is 9.84 Å². The Morgan fingerprint density at radius 1 is 1.22 bits per heavy atom. The van der Waals surface area contributed by atoms with E-state index in [9.17, 15) is 8.42 Å². The molecule has 0 amide bonds. The third-order valence-corrected chi connectivity index (χ3v) is 3.81. The molecule has 0 saturated heterocycles. The summed E-state index contributed by atoms with van der Waals surface area (Å²) >= 11 is 5.86. The number of nitrogen functional groups attached to an aromatic ring is 1. The van der Waals surface area contributed by atoms with Crippen LogP contribution in [0.5, 0.6) is 0 Å². The van der Waals surface area contributed by atoms with Gasteiger partial charge in [0, 0.05) is 18.0 Å². The van der Waals surface area contributed by atoms with Gasteiger partial charge in [-0.1, -0.05) is 23.7 Å². The van der Waals surface area contributed by atoms with Gasteiger partial charge in [0.1, 0.15) is 5.82 Å². The number of aromatic nitrogens is 1. The number of hydrogen-bond acceptors (Lipinski definition) is 4. The molecule has 0 spiro atoms. The molecule has 0 unspecified atom stereocenters. The number of sulfone groups is 1. The first-order valence-corrected chi connectivity index (χ1v) is 7.36. The smallest absolute Gasteiger partial charge is 0.175 e. The molecule has 0 aliphatic carbocycles. The standard InChI is InChI=1S/C12H11ClN2O2S/c1-18(16,17)10-4-2-8(3-5-10)11-6-9(13)7-15-12(11)14/h2-7H,1H3,(H2,14,15). The molecule has 1 aromatic carbocycles. The molecule has 0 bridgehead atoms. The molecule has 1 heterocycles. The zero-order chi connectivity index (χ0) is 13.3. The second-order valence-electron chi connectivity index (χ2n) is 3.88. The van der Waals surface area contributed by atoms with Crippen LogP contribution in [0.25, 0.3) is 11.1 Å². The van der Waals surface area contributed by atoms with E-state index in [0.717, 1.165) is 11.8 Å². The van der Waals surface area contributed by atoms with Gasteiger partial charge < -0.3 is 5.73 Å². The van der Waals surface area contributed by atoms with Crippen molar-refractivity contribution in [2.45, 2.75) is 4.90 Å². The number of nitrogens with two attached hydrogens (primary N) is 1. The summed E-state index contributed by atoms with van der Waals surface area (Å²) in [6.07, 6.45) is 2.63. The molecule has 0 fully saturated rings. The van der Waals surface area contributed by atoms with Crippen molar-refractivity contribution in [1.82, 2.24) is 4.98 Å². The van der Waals surface area contributed by atoms with Crippen LogP contribution in [-0.4, -0.2) is 19.7 Å². The van der Waals surface area contributed by atoms with Gasteiger partial charge in [-0.05, 0) is 23.8 Å². The van der Waals surface area contributed by atoms with Crippen LogP contribution in [0.1, 0.15) is 0 Å². The second kappa shape index (κ2) is 4.59. The Bertz CT molecular complexity index is 682. The maximum atomic E-state index is 11.3. The minimum Gasteiger partial charge on any atom is -0.383 e. The third kappa shape index (κ3) is 2.63. The van der Waals surface area contributed by atoms with Gasteiger partial charge in [0.15, 0.2) is 9.84 Å². The summed E-state index contributed by atoms with van der Waals surface area (Å²) in [4.78, 5) is 4.22. The van der Waals surface area contributed by atoms with Gasteiger partial charge >= 0.3 is 0 Å². The fraction of sp³-hybridized carbons (Fsp3) is 0.0833. The summed E-state index contributed by atoms with van der Waals surface area (Å²) in [7, 11) is -3.19. The summed E-state index contributed by atoms with van der Waals surface area (Å²) in [6.45, 7) is 0. The number of halogens is 1. The zero-order valence-electron chi connectivity index (χ0n) is 9.59. The molecule has 18 heavy (non-hydrogen) atoms. The molecular formula is C12H11ClN2O2S. The normalized spacial score (nSPS) is 11.4. The van der Waals surface area contributed by atoms with E-state index in [-0.39, 0.29) is 4.90 Å². The van der Waals surface area contributed by atoms with E-state index in [4.69, 9.17) is 17.3 Å². The van der Waals surface area contributed by atoms with Crippen LogP contribution in [0.3, 0.4) is 0 Å². The minimum atomic E-state index is -3.19. The highest BCUT2D eigenvalue weighted by atomic mass is 35.5. The first-order chi connectivity index (χ1) is 8.38. The topological polar surface area (TPSA) is 73.0 Å². The highest BCUT2D eigenvalue weighted by Crippen LogP contribution is 2.27. The van der Waals surface area contributed by atoms with Crippen molar-refractivity contribution >= 4 is 27.3 Å². The van der Waals surface area contributed by atoms with Crippen molar-refractivity contribution in [3.63, 3.8) is 0 Å². The molecule has 0 aliphatic heterocycles. The van der Waals surface area contributed by atoms with Gasteiger partial charge in [-0.2, -0.15) is 0 Å². The second-order valence-corrected chi connectivity index (χ2v) is 6.34. The number of benzene rings is 1. The van der Waals surface area contributed by atoms with Crippen molar-refractivity contribution < 1.29 is 8.42 Å². The number of anilines is 1. The van der Waals surface area contributed by atoms with E-state index in [1.807, 2.05) is 0 Å². The Kier molecular flexibility index (Phi) is 3.28. The first kappa shape index (κ1) is 12.9. The Labute approximate surface area is 110 Å². The van der Waals surface area contributed by atoms with E-state index in [1.54, 1.807) is 18.2 Å². The maximum absolute atomic E-state index is 11.3. The molecule has 4 nitrogen and oxygen atoms in total. The van der Waals surface area contributed by atoms with Gasteiger partial charge in [0.25, 0.3) is 0 Å². The Hall–Kier alpha value is -1.59. The lowest BCUT2D eigenvalue weighted by molar-refractivity contribution is 0.602. The fourth-order valence-corrected chi connectivity index (χ4v) is 2.35. The largest absolute Gasteiger partial charge is 0.383 e. The van der Waals surface area contributed by atoms with Crippen LogP contribution in [0, 0.1) is 0 Å². The lowest BCUT2D eigenvalue weighted by atomic mass is 10.1. The minimum absolute atomic E-state index is 0.264. The van der Waals surface area contributed by atoms with Gasteiger partial charge in [-0.3, -0.25) is 0 Å². The molecule has 0 atom stereocenters. The first-order valence-electron chi connectivity index (χ1n) is 5.09. The molecule has 1 aromatic heterocycles. The maximum Gasteiger partial charge on any atom is 0.175 e. The van der Waals surface area contributed by atoms with Gasteiger partial charge in [0.2, 0.25) is 0 Å². The van der Waals surface area contributed by atoms with Crippen LogP contribution >= 0.6 is 11.6 Å². The van der Waals surface area contributed by atoms with Crippen molar-refractivity contribution in [3.8, 4) is 11.1 Å². The van der Waals surface area contributed by atoms with E-state index in [2.05, 4.69) is 4.98 Å². The van der Waals surface area contributed by atoms with E-state index >= 15 is 0 Å². The summed E-state index contributed by atoms with van der Waals surface area (Å²) in [5.74, 6) is 0.353. The van der Waals surface area contributed by atoms with E-state index < -0.39 is 9.84 Å². The summed E-state index contributed by atoms with van der Waals surface area (Å²) in [5.41, 5.74) is 7.21. The third-order valence-electron chi connectivity index (χ3n) is 2.48. The monoisotopic (exact) mass is 282 g/mol. The average Bonchev–Trinajstić information content (AvgIpc) is 2.31. The lowest BCUT2D eigenvalue weighted by Gasteiger charge is -2.06. The molecule has 6 heteroatoms. The Morgan fingerprint density at radius 2 is 1.83 bits per heavy atom. The number of nitrogens with zero attached hydrogens (tertiary/aromatic N) is 1. The summed E-state index contributed by atoms with van der Waals surface area (Å²) < 4.78 is 22.7. The number of pyridine rings is 1. The Morgan fingerprint density at radius 3 is 2.39 bits per heavy atom. The summed E-state index contributed by atoms with van der Waals surface area (Å²) in [6, 6.07) is 8.12. The van der Waals surface area contributed by atoms with Gasteiger partial charge in [-0.25, -0.2) is 13.4 Å². The molecule has 94 valence electrons. The molecule has 0 radical (unpaired) electrons. The summed E-state index contributed by atoms with van der Waals surface area (Å²) in [5, 5.41) is 0.478. The SMILES string of the molecule is CS(=O)(=O)c1ccc(-c2cc(Cl)cnc2N)cc1. The van der Waals surface area contributed by atoms with E-state index in [0.29, 0.717) is 16.4 Å². The van der Waals surface area contributed by atoms with Crippen molar-refractivity contribution in [3.05, 3.63) is 41.6 Å². The van der Waals surface area contributed by atoms with Crippen molar-refractivity contribution in [2.24, 2.45) is 0 Å². The fourth-order valence-electron chi connectivity index (χ4n) is 1.56. The highest BCUT2D eigenvalue weighted by molar-refractivity contribution is 7.90. The van der Waals surface area contributed by atoms with Crippen LogP contribution < -0.4 is 5.73 Å². The molecule has 0 saturated carbocycles. The van der Waals surface area contributed by atoms with Crippen molar-refractivity contribution in [2.75, 3.05) is 12.0 Å². The van der Waals surface area contributed by atoms with Crippen LogP contribution in [0.2, 0.25) is 5.02 Å². The quantitative estimate of drug-likeness (QED) is 0.918. The van der Waals surface area contributed by atoms with Crippen molar-refractivity contribution in [1.29, 1.82) is 0 Å². The van der Waals surface area contributed by atoms with Crippen LogP contribution in [0.15, 0.2) is 41.4 Å². The molecule has 0 aliphatic rings. The Balaban J connectivity index is 2.50. The molecule has 2 N–H and O–H groups in total. The molecular weight excluding hydrogens is 272 g/mol. The van der Waals surface area contributed by atoms with Gasteiger partial charge in [-0.15, -0.1) is 0 Å².